The van der Waals surface area contributed by atoms with Crippen molar-refractivity contribution in [3.05, 3.63) is 51.7 Å². The van der Waals surface area contributed by atoms with E-state index in [1.165, 1.54) is 41.9 Å². The molecule has 1 saturated heterocycles. The maximum Gasteiger partial charge on any atom is 0.490 e. The molecule has 0 radical (unpaired) electrons. The van der Waals surface area contributed by atoms with E-state index in [0.717, 1.165) is 25.3 Å². The third-order valence-electron chi connectivity index (χ3n) is 6.39. The summed E-state index contributed by atoms with van der Waals surface area (Å²) in [5.41, 5.74) is 3.21. The second-order valence-corrected chi connectivity index (χ2v) is 9.72. The molecule has 2 aromatic rings. The topological polar surface area (TPSA) is 90.3 Å². The minimum Gasteiger partial charge on any atom is -0.497 e. The lowest BCUT2D eigenvalue weighted by molar-refractivity contribution is -0.193. The highest BCUT2D eigenvalue weighted by Gasteiger charge is 2.43. The van der Waals surface area contributed by atoms with Crippen molar-refractivity contribution in [1.29, 1.82) is 0 Å². The number of aliphatic carboxylic acids is 2. The molecule has 3 heterocycles. The molecule has 4 rings (SSSR count). The first-order chi connectivity index (χ1) is 17.6. The Morgan fingerprint density at radius 3 is 2.00 bits per heavy atom. The van der Waals surface area contributed by atoms with Crippen LogP contribution in [0.25, 0.3) is 0 Å². The summed E-state index contributed by atoms with van der Waals surface area (Å²) in [5.74, 6) is -4.52. The van der Waals surface area contributed by atoms with Crippen molar-refractivity contribution in [2.45, 2.75) is 43.7 Å². The molecule has 1 aromatic heterocycles. The molecule has 1 aromatic carbocycles. The number of benzene rings is 1. The average molecular weight is 571 g/mol. The molecule has 2 aliphatic rings. The summed E-state index contributed by atoms with van der Waals surface area (Å²) in [7, 11) is 4.07. The number of rotatable bonds is 3. The quantitative estimate of drug-likeness (QED) is 0.502. The Bertz CT molecular complexity index is 1040. The highest BCUT2D eigenvalue weighted by atomic mass is 32.1. The molecule has 0 atom stereocenters. The first-order valence-electron chi connectivity index (χ1n) is 11.3. The number of carboxylic acid groups (broad SMARTS) is 2. The zero-order valence-corrected chi connectivity index (χ0v) is 21.4. The molecule has 0 saturated carbocycles. The Labute approximate surface area is 219 Å². The highest BCUT2D eigenvalue weighted by Crippen LogP contribution is 2.44. The fourth-order valence-electron chi connectivity index (χ4n) is 4.40. The van der Waals surface area contributed by atoms with Gasteiger partial charge in [0.1, 0.15) is 5.75 Å². The molecular weight excluding hydrogens is 542 g/mol. The molecule has 38 heavy (non-hydrogen) atoms. The molecule has 212 valence electrons. The van der Waals surface area contributed by atoms with E-state index in [2.05, 4.69) is 52.6 Å². The molecule has 0 bridgehead atoms. The van der Waals surface area contributed by atoms with E-state index in [4.69, 9.17) is 24.5 Å². The van der Waals surface area contributed by atoms with Crippen molar-refractivity contribution in [1.82, 2.24) is 9.80 Å². The van der Waals surface area contributed by atoms with Crippen molar-refractivity contribution in [2.24, 2.45) is 0 Å². The SMILES string of the molecule is COc1ccc2c(c1)C1(CCN(Cc3cccs3)CC1)N(C)CC2.O=C(O)C(F)(F)F.O=C(O)C(F)(F)F. The largest absolute Gasteiger partial charge is 0.497 e. The number of carboxylic acids is 2. The van der Waals surface area contributed by atoms with Crippen molar-refractivity contribution in [2.75, 3.05) is 33.8 Å². The number of halogens is 6. The highest BCUT2D eigenvalue weighted by molar-refractivity contribution is 7.09. The summed E-state index contributed by atoms with van der Waals surface area (Å²) in [6.07, 6.45) is -6.61. The summed E-state index contributed by atoms with van der Waals surface area (Å²) in [6, 6.07) is 11.1. The summed E-state index contributed by atoms with van der Waals surface area (Å²) in [6.45, 7) is 4.59. The number of alkyl halides is 6. The van der Waals surface area contributed by atoms with Gasteiger partial charge in [-0.25, -0.2) is 9.59 Å². The molecule has 2 aliphatic heterocycles. The van der Waals surface area contributed by atoms with Crippen LogP contribution in [0.2, 0.25) is 0 Å². The molecular formula is C24H28F6N2O5S. The van der Waals surface area contributed by atoms with Gasteiger partial charge in [0, 0.05) is 36.6 Å². The average Bonchev–Trinajstić information content (AvgIpc) is 3.35. The molecule has 0 aliphatic carbocycles. The van der Waals surface area contributed by atoms with E-state index in [9.17, 15) is 26.3 Å². The maximum atomic E-state index is 10.6. The van der Waals surface area contributed by atoms with Gasteiger partial charge in [-0.15, -0.1) is 11.3 Å². The number of piperidine rings is 1. The van der Waals surface area contributed by atoms with Crippen LogP contribution < -0.4 is 4.74 Å². The van der Waals surface area contributed by atoms with Gasteiger partial charge >= 0.3 is 24.3 Å². The van der Waals surface area contributed by atoms with Crippen LogP contribution in [0.1, 0.15) is 28.8 Å². The van der Waals surface area contributed by atoms with Crippen LogP contribution in [0, 0.1) is 0 Å². The van der Waals surface area contributed by atoms with Crippen molar-refractivity contribution < 1.29 is 50.9 Å². The van der Waals surface area contributed by atoms with E-state index < -0.39 is 24.3 Å². The Balaban J connectivity index is 0.000000301. The van der Waals surface area contributed by atoms with Gasteiger partial charge in [-0.1, -0.05) is 12.1 Å². The lowest BCUT2D eigenvalue weighted by Crippen LogP contribution is -2.54. The fourth-order valence-corrected chi connectivity index (χ4v) is 5.14. The predicted molar refractivity (Wildman–Crippen MR) is 127 cm³/mol. The minimum absolute atomic E-state index is 0.189. The lowest BCUT2D eigenvalue weighted by Gasteiger charge is -2.51. The van der Waals surface area contributed by atoms with Gasteiger partial charge in [-0.05, 0) is 61.0 Å². The molecule has 0 unspecified atom stereocenters. The monoisotopic (exact) mass is 570 g/mol. The molecule has 0 amide bonds. The second kappa shape index (κ2) is 12.8. The molecule has 1 fully saturated rings. The van der Waals surface area contributed by atoms with Crippen molar-refractivity contribution in [3.63, 3.8) is 0 Å². The Hall–Kier alpha value is -2.84. The summed E-state index contributed by atoms with van der Waals surface area (Å²) in [4.78, 5) is 24.5. The Kier molecular flexibility index (Phi) is 10.6. The van der Waals surface area contributed by atoms with E-state index in [-0.39, 0.29) is 5.54 Å². The Morgan fingerprint density at radius 1 is 1.00 bits per heavy atom. The van der Waals surface area contributed by atoms with Gasteiger partial charge < -0.3 is 14.9 Å². The normalized spacial score (nSPS) is 17.4. The number of methoxy groups -OCH3 is 1. The van der Waals surface area contributed by atoms with Crippen molar-refractivity contribution in [3.8, 4) is 5.75 Å². The number of fused-ring (bicyclic) bond motifs is 2. The maximum absolute atomic E-state index is 10.6. The third kappa shape index (κ3) is 8.33. The number of ether oxygens (including phenoxy) is 1. The summed E-state index contributed by atoms with van der Waals surface area (Å²) >= 11 is 1.87. The minimum atomic E-state index is -5.08. The van der Waals surface area contributed by atoms with Gasteiger partial charge in [-0.2, -0.15) is 26.3 Å². The van der Waals surface area contributed by atoms with Gasteiger partial charge in [0.2, 0.25) is 0 Å². The number of likely N-dealkylation sites (tertiary alicyclic amines) is 1. The lowest BCUT2D eigenvalue weighted by atomic mass is 9.74. The number of likely N-dealkylation sites (N-methyl/N-ethyl adjacent to an activating group) is 1. The van der Waals surface area contributed by atoms with Gasteiger partial charge in [0.25, 0.3) is 0 Å². The Morgan fingerprint density at radius 2 is 1.55 bits per heavy atom. The number of thiophene rings is 1. The van der Waals surface area contributed by atoms with Crippen LogP contribution in [-0.4, -0.2) is 78.1 Å². The standard InChI is InChI=1S/C20H26N2OS.2C2HF3O2/c1-21-10-7-16-5-6-17(23-2)14-19(16)20(21)8-11-22(12-9-20)15-18-4-3-13-24-18;2*3-2(4,5)1(6)7/h3-6,13-14H,7-12,15H2,1-2H3;2*(H,6,7). The predicted octanol–water partition coefficient (Wildman–Crippen LogP) is 5.00. The van der Waals surface area contributed by atoms with Gasteiger partial charge in [0.05, 0.1) is 7.11 Å². The summed E-state index contributed by atoms with van der Waals surface area (Å²) in [5, 5.41) is 16.4. The van der Waals surface area contributed by atoms with Crippen LogP contribution in [0.4, 0.5) is 26.3 Å². The summed E-state index contributed by atoms with van der Waals surface area (Å²) < 4.78 is 69.0. The van der Waals surface area contributed by atoms with E-state index in [1.807, 2.05) is 11.3 Å². The third-order valence-corrected chi connectivity index (χ3v) is 7.25. The van der Waals surface area contributed by atoms with Crippen LogP contribution in [0.3, 0.4) is 0 Å². The van der Waals surface area contributed by atoms with E-state index >= 15 is 0 Å². The number of hydrogen-bond acceptors (Lipinski definition) is 6. The second-order valence-electron chi connectivity index (χ2n) is 8.69. The molecule has 7 nitrogen and oxygen atoms in total. The fraction of sp³-hybridized carbons (Fsp3) is 0.500. The first kappa shape index (κ1) is 31.4. The van der Waals surface area contributed by atoms with Gasteiger partial charge in [-0.3, -0.25) is 9.80 Å². The number of hydrogen-bond donors (Lipinski definition) is 2. The molecule has 14 heteroatoms. The number of carbonyl (C=O) groups is 2. The van der Waals surface area contributed by atoms with Crippen molar-refractivity contribution >= 4 is 23.3 Å². The number of nitrogens with zero attached hydrogens (tertiary/aromatic N) is 2. The zero-order valence-electron chi connectivity index (χ0n) is 20.6. The van der Waals surface area contributed by atoms with E-state index in [0.29, 0.717) is 0 Å². The van der Waals surface area contributed by atoms with Crippen LogP contribution in [0.15, 0.2) is 35.7 Å². The van der Waals surface area contributed by atoms with Crippen LogP contribution in [0.5, 0.6) is 5.75 Å². The van der Waals surface area contributed by atoms with E-state index in [1.54, 1.807) is 7.11 Å². The van der Waals surface area contributed by atoms with Crippen LogP contribution in [-0.2, 0) is 28.1 Å². The van der Waals surface area contributed by atoms with Gasteiger partial charge in [0.15, 0.2) is 0 Å². The molecule has 2 N–H and O–H groups in total. The van der Waals surface area contributed by atoms with Crippen LogP contribution >= 0.6 is 11.3 Å². The first-order valence-corrected chi connectivity index (χ1v) is 12.2. The smallest absolute Gasteiger partial charge is 0.490 e. The molecule has 1 spiro atoms. The zero-order chi connectivity index (χ0) is 28.7.